The van der Waals surface area contributed by atoms with Crippen LogP contribution in [0.5, 0.6) is 0 Å². The zero-order valence-electron chi connectivity index (χ0n) is 9.88. The summed E-state index contributed by atoms with van der Waals surface area (Å²) in [6, 6.07) is 2.01. The van der Waals surface area contributed by atoms with E-state index >= 15 is 0 Å². The molecule has 0 aliphatic heterocycles. The molecule has 0 saturated heterocycles. The summed E-state index contributed by atoms with van der Waals surface area (Å²) >= 11 is 18.0. The van der Waals surface area contributed by atoms with Crippen molar-refractivity contribution in [2.75, 3.05) is 11.4 Å². The fraction of sp³-hybridized carbons (Fsp3) is 0.583. The molecule has 2 nitrogen and oxygen atoms in total. The second-order valence-electron chi connectivity index (χ2n) is 4.76. The third-order valence-electron chi connectivity index (χ3n) is 2.92. The van der Waals surface area contributed by atoms with Crippen LogP contribution in [-0.2, 0) is 0 Å². The zero-order valence-corrected chi connectivity index (χ0v) is 12.1. The molecular weight excluding hydrogens is 279 g/mol. The second-order valence-corrected chi connectivity index (χ2v) is 5.93. The summed E-state index contributed by atoms with van der Waals surface area (Å²) in [6.07, 6.45) is 2.59. The van der Waals surface area contributed by atoms with Crippen LogP contribution in [0.4, 0.5) is 5.82 Å². The maximum absolute atomic E-state index is 6.20. The van der Waals surface area contributed by atoms with Crippen LogP contribution in [0.1, 0.15) is 26.7 Å². The van der Waals surface area contributed by atoms with Gasteiger partial charge in [-0.15, -0.1) is 0 Å². The molecule has 1 aromatic rings. The first-order valence-corrected chi connectivity index (χ1v) is 6.90. The summed E-state index contributed by atoms with van der Waals surface area (Å²) in [5.74, 6) is 1.51. The number of aromatic nitrogens is 1. The van der Waals surface area contributed by atoms with Crippen LogP contribution in [0, 0.1) is 5.92 Å². The standard InChI is InChI=1S/C12H15Cl3N2/c1-7(2)17(6-8-3-4-8)12-10(14)5-9(13)11(15)16-12/h5,7-8H,3-4,6H2,1-2H3. The second kappa shape index (κ2) is 5.21. The first-order valence-electron chi connectivity index (χ1n) is 5.77. The highest BCUT2D eigenvalue weighted by Gasteiger charge is 2.27. The zero-order chi connectivity index (χ0) is 12.6. The molecule has 1 fully saturated rings. The molecule has 0 amide bonds. The predicted octanol–water partition coefficient (Wildman–Crippen LogP) is 4.67. The Balaban J connectivity index is 2.30. The van der Waals surface area contributed by atoms with Crippen LogP contribution in [0.2, 0.25) is 15.2 Å². The lowest BCUT2D eigenvalue weighted by Crippen LogP contribution is -2.33. The molecule has 0 unspecified atom stereocenters. The van der Waals surface area contributed by atoms with Crippen molar-refractivity contribution in [2.24, 2.45) is 5.92 Å². The summed E-state index contributed by atoms with van der Waals surface area (Å²) in [5.41, 5.74) is 0. The van der Waals surface area contributed by atoms with Crippen molar-refractivity contribution in [3.63, 3.8) is 0 Å². The summed E-state index contributed by atoms with van der Waals surface area (Å²) < 4.78 is 0. The summed E-state index contributed by atoms with van der Waals surface area (Å²) in [7, 11) is 0. The number of nitrogens with zero attached hydrogens (tertiary/aromatic N) is 2. The molecule has 1 saturated carbocycles. The van der Waals surface area contributed by atoms with E-state index in [4.69, 9.17) is 34.8 Å². The first-order chi connectivity index (χ1) is 7.99. The van der Waals surface area contributed by atoms with Gasteiger partial charge in [-0.05, 0) is 38.7 Å². The Morgan fingerprint density at radius 3 is 2.47 bits per heavy atom. The number of rotatable bonds is 4. The van der Waals surface area contributed by atoms with Crippen molar-refractivity contribution in [3.05, 3.63) is 21.3 Å². The van der Waals surface area contributed by atoms with E-state index in [2.05, 4.69) is 23.7 Å². The normalized spacial score (nSPS) is 15.4. The summed E-state index contributed by atoms with van der Waals surface area (Å²) in [5, 5.41) is 1.27. The van der Waals surface area contributed by atoms with Crippen LogP contribution < -0.4 is 4.90 Å². The predicted molar refractivity (Wildman–Crippen MR) is 74.5 cm³/mol. The van der Waals surface area contributed by atoms with Gasteiger partial charge in [0.15, 0.2) is 0 Å². The van der Waals surface area contributed by atoms with Crippen LogP contribution in [0.15, 0.2) is 6.07 Å². The lowest BCUT2D eigenvalue weighted by atomic mass is 10.2. The van der Waals surface area contributed by atoms with E-state index < -0.39 is 0 Å². The third kappa shape index (κ3) is 3.18. The molecule has 0 atom stereocenters. The molecule has 2 rings (SSSR count). The van der Waals surface area contributed by atoms with Crippen LogP contribution >= 0.6 is 34.8 Å². The van der Waals surface area contributed by atoms with E-state index in [0.717, 1.165) is 18.3 Å². The van der Waals surface area contributed by atoms with Crippen LogP contribution in [-0.4, -0.2) is 17.6 Å². The van der Waals surface area contributed by atoms with Gasteiger partial charge >= 0.3 is 0 Å². The highest BCUT2D eigenvalue weighted by atomic mass is 35.5. The molecule has 0 N–H and O–H groups in total. The maximum Gasteiger partial charge on any atom is 0.150 e. The molecule has 0 bridgehead atoms. The van der Waals surface area contributed by atoms with E-state index in [-0.39, 0.29) is 0 Å². The molecule has 1 aliphatic rings. The van der Waals surface area contributed by atoms with Crippen molar-refractivity contribution in [3.8, 4) is 0 Å². The summed E-state index contributed by atoms with van der Waals surface area (Å²) in [6.45, 7) is 5.24. The number of pyridine rings is 1. The number of anilines is 1. The molecular formula is C12H15Cl3N2. The SMILES string of the molecule is CC(C)N(CC1CC1)c1nc(Cl)c(Cl)cc1Cl. The van der Waals surface area contributed by atoms with Gasteiger partial charge < -0.3 is 4.90 Å². The lowest BCUT2D eigenvalue weighted by molar-refractivity contribution is 0.637. The van der Waals surface area contributed by atoms with Crippen molar-refractivity contribution < 1.29 is 0 Å². The van der Waals surface area contributed by atoms with Gasteiger partial charge in [-0.25, -0.2) is 4.98 Å². The van der Waals surface area contributed by atoms with Gasteiger partial charge in [0.2, 0.25) is 0 Å². The maximum atomic E-state index is 6.20. The molecule has 1 aromatic heterocycles. The highest BCUT2D eigenvalue weighted by molar-refractivity contribution is 6.42. The van der Waals surface area contributed by atoms with Gasteiger partial charge in [0.05, 0.1) is 10.0 Å². The smallest absolute Gasteiger partial charge is 0.150 e. The fourth-order valence-corrected chi connectivity index (χ4v) is 2.36. The van der Waals surface area contributed by atoms with Crippen molar-refractivity contribution in [1.29, 1.82) is 0 Å². The molecule has 0 aromatic carbocycles. The van der Waals surface area contributed by atoms with E-state index in [1.807, 2.05) is 0 Å². The Bertz CT molecular complexity index is 416. The molecule has 0 spiro atoms. The van der Waals surface area contributed by atoms with Crippen molar-refractivity contribution in [1.82, 2.24) is 4.98 Å². The van der Waals surface area contributed by atoms with Crippen LogP contribution in [0.25, 0.3) is 0 Å². The minimum Gasteiger partial charge on any atom is -0.353 e. The quantitative estimate of drug-likeness (QED) is 0.750. The Morgan fingerprint density at radius 2 is 1.94 bits per heavy atom. The van der Waals surface area contributed by atoms with Gasteiger partial charge in [-0.1, -0.05) is 34.8 Å². The molecule has 1 heterocycles. The topological polar surface area (TPSA) is 16.1 Å². The average Bonchev–Trinajstić information content (AvgIpc) is 3.04. The Hall–Kier alpha value is -0.180. The monoisotopic (exact) mass is 292 g/mol. The van der Waals surface area contributed by atoms with E-state index in [9.17, 15) is 0 Å². The average molecular weight is 294 g/mol. The van der Waals surface area contributed by atoms with Gasteiger partial charge in [0.25, 0.3) is 0 Å². The first kappa shape index (κ1) is 13.3. The lowest BCUT2D eigenvalue weighted by Gasteiger charge is -2.29. The third-order valence-corrected chi connectivity index (χ3v) is 3.87. The Morgan fingerprint density at radius 1 is 1.29 bits per heavy atom. The van der Waals surface area contributed by atoms with E-state index in [1.54, 1.807) is 6.07 Å². The van der Waals surface area contributed by atoms with Gasteiger partial charge in [-0.2, -0.15) is 0 Å². The van der Waals surface area contributed by atoms with E-state index in [1.165, 1.54) is 12.8 Å². The van der Waals surface area contributed by atoms with Gasteiger partial charge in [0, 0.05) is 12.6 Å². The van der Waals surface area contributed by atoms with Crippen molar-refractivity contribution in [2.45, 2.75) is 32.7 Å². The molecule has 1 aliphatic carbocycles. The fourth-order valence-electron chi connectivity index (χ4n) is 1.76. The Labute approximate surface area is 117 Å². The van der Waals surface area contributed by atoms with Gasteiger partial charge in [-0.3, -0.25) is 0 Å². The molecule has 0 radical (unpaired) electrons. The van der Waals surface area contributed by atoms with E-state index in [0.29, 0.717) is 21.2 Å². The number of halogens is 3. The Kier molecular flexibility index (Phi) is 4.06. The number of hydrogen-bond acceptors (Lipinski definition) is 2. The number of hydrogen-bond donors (Lipinski definition) is 0. The minimum absolute atomic E-state index is 0.313. The van der Waals surface area contributed by atoms with Gasteiger partial charge in [0.1, 0.15) is 11.0 Å². The van der Waals surface area contributed by atoms with Crippen LogP contribution in [0.3, 0.4) is 0 Å². The molecule has 17 heavy (non-hydrogen) atoms. The molecule has 5 heteroatoms. The largest absolute Gasteiger partial charge is 0.353 e. The summed E-state index contributed by atoms with van der Waals surface area (Å²) in [4.78, 5) is 6.50. The highest BCUT2D eigenvalue weighted by Crippen LogP contribution is 2.36. The molecule has 94 valence electrons. The minimum atomic E-state index is 0.313. The van der Waals surface area contributed by atoms with Crippen molar-refractivity contribution >= 4 is 40.6 Å².